The predicted octanol–water partition coefficient (Wildman–Crippen LogP) is 3.75. The molecule has 2 fully saturated rings. The van der Waals surface area contributed by atoms with Crippen LogP contribution < -0.4 is 0 Å². The van der Waals surface area contributed by atoms with Crippen LogP contribution in [0.15, 0.2) is 48.5 Å². The molecular formula is C23H26N2O2. The lowest BCUT2D eigenvalue weighted by molar-refractivity contribution is -0.143. The van der Waals surface area contributed by atoms with E-state index in [9.17, 15) is 9.59 Å². The number of carbonyl (C=O) groups is 2. The van der Waals surface area contributed by atoms with Crippen molar-refractivity contribution in [1.29, 1.82) is 0 Å². The number of hydrogen-bond donors (Lipinski definition) is 0. The third kappa shape index (κ3) is 3.14. The summed E-state index contributed by atoms with van der Waals surface area (Å²) >= 11 is 0. The van der Waals surface area contributed by atoms with E-state index in [0.29, 0.717) is 13.1 Å². The fraction of sp³-hybridized carbons (Fsp3) is 0.391. The molecule has 0 saturated carbocycles. The summed E-state index contributed by atoms with van der Waals surface area (Å²) in [5, 5.41) is 0. The number of amides is 2. The van der Waals surface area contributed by atoms with Crippen molar-refractivity contribution in [2.24, 2.45) is 5.41 Å². The highest BCUT2D eigenvalue weighted by molar-refractivity contribution is 6.01. The molecule has 1 atom stereocenters. The number of piperidine rings is 1. The Labute approximate surface area is 160 Å². The first kappa shape index (κ1) is 17.8. The molecule has 2 amide bonds. The number of carbonyl (C=O) groups excluding carboxylic acids is 2. The van der Waals surface area contributed by atoms with E-state index in [2.05, 4.69) is 19.1 Å². The van der Waals surface area contributed by atoms with E-state index in [1.807, 2.05) is 53.2 Å². The monoisotopic (exact) mass is 362 g/mol. The maximum atomic E-state index is 13.3. The highest BCUT2D eigenvalue weighted by Gasteiger charge is 2.48. The average Bonchev–Trinajstić information content (AvgIpc) is 3.10. The predicted molar refractivity (Wildman–Crippen MR) is 106 cm³/mol. The van der Waals surface area contributed by atoms with Crippen molar-refractivity contribution >= 4 is 11.8 Å². The summed E-state index contributed by atoms with van der Waals surface area (Å²) in [4.78, 5) is 29.8. The summed E-state index contributed by atoms with van der Waals surface area (Å²) in [6.45, 7) is 4.08. The highest BCUT2D eigenvalue weighted by Crippen LogP contribution is 2.40. The topological polar surface area (TPSA) is 40.6 Å². The van der Waals surface area contributed by atoms with Gasteiger partial charge in [0.05, 0.1) is 5.41 Å². The lowest BCUT2D eigenvalue weighted by Gasteiger charge is -2.37. The summed E-state index contributed by atoms with van der Waals surface area (Å²) in [5.41, 5.74) is 3.53. The van der Waals surface area contributed by atoms with Crippen LogP contribution >= 0.6 is 0 Å². The van der Waals surface area contributed by atoms with Gasteiger partial charge in [0, 0.05) is 32.2 Å². The van der Waals surface area contributed by atoms with Gasteiger partial charge in [0.2, 0.25) is 5.91 Å². The largest absolute Gasteiger partial charge is 0.345 e. The number of hydrogen-bond acceptors (Lipinski definition) is 2. The van der Waals surface area contributed by atoms with Crippen LogP contribution in [0.25, 0.3) is 11.1 Å². The van der Waals surface area contributed by atoms with E-state index in [-0.39, 0.29) is 17.2 Å². The van der Waals surface area contributed by atoms with Crippen LogP contribution in [-0.2, 0) is 4.79 Å². The quantitative estimate of drug-likeness (QED) is 0.816. The maximum absolute atomic E-state index is 13.3. The van der Waals surface area contributed by atoms with Crippen molar-refractivity contribution in [2.75, 3.05) is 26.7 Å². The second-order valence-electron chi connectivity index (χ2n) is 8.00. The lowest BCUT2D eigenvalue weighted by Crippen LogP contribution is -2.48. The number of rotatable bonds is 2. The smallest absolute Gasteiger partial charge is 0.254 e. The molecule has 0 aliphatic carbocycles. The van der Waals surface area contributed by atoms with Crippen LogP contribution in [0.5, 0.6) is 0 Å². The van der Waals surface area contributed by atoms with Gasteiger partial charge in [-0.3, -0.25) is 9.59 Å². The Morgan fingerprint density at radius 1 is 1.04 bits per heavy atom. The van der Waals surface area contributed by atoms with Crippen LogP contribution in [0.2, 0.25) is 0 Å². The van der Waals surface area contributed by atoms with E-state index in [4.69, 9.17) is 0 Å². The molecule has 2 aliphatic heterocycles. The van der Waals surface area contributed by atoms with Crippen molar-refractivity contribution in [1.82, 2.24) is 9.80 Å². The minimum absolute atomic E-state index is 0.0324. The summed E-state index contributed by atoms with van der Waals surface area (Å²) in [7, 11) is 1.88. The Hall–Kier alpha value is -2.62. The van der Waals surface area contributed by atoms with E-state index in [1.165, 1.54) is 5.56 Å². The van der Waals surface area contributed by atoms with Gasteiger partial charge in [0.15, 0.2) is 0 Å². The van der Waals surface area contributed by atoms with Gasteiger partial charge in [-0.05, 0) is 43.4 Å². The van der Waals surface area contributed by atoms with Crippen LogP contribution in [-0.4, -0.2) is 48.3 Å². The number of aryl methyl sites for hydroxylation is 1. The molecule has 4 rings (SSSR count). The Bertz CT molecular complexity index is 891. The van der Waals surface area contributed by atoms with Crippen molar-refractivity contribution in [3.8, 4) is 11.1 Å². The molecule has 2 aliphatic rings. The van der Waals surface area contributed by atoms with Gasteiger partial charge in [-0.1, -0.05) is 48.0 Å². The van der Waals surface area contributed by atoms with Crippen molar-refractivity contribution in [3.05, 3.63) is 59.7 Å². The van der Waals surface area contributed by atoms with Crippen molar-refractivity contribution in [3.63, 3.8) is 0 Å². The molecule has 2 heterocycles. The van der Waals surface area contributed by atoms with Crippen molar-refractivity contribution < 1.29 is 9.59 Å². The Kier molecular flexibility index (Phi) is 4.50. The fourth-order valence-corrected chi connectivity index (χ4v) is 4.60. The maximum Gasteiger partial charge on any atom is 0.254 e. The zero-order chi connectivity index (χ0) is 19.0. The van der Waals surface area contributed by atoms with Gasteiger partial charge in [0.1, 0.15) is 0 Å². The average molecular weight is 362 g/mol. The summed E-state index contributed by atoms with van der Waals surface area (Å²) in [6, 6.07) is 16.0. The van der Waals surface area contributed by atoms with Gasteiger partial charge in [-0.15, -0.1) is 0 Å². The summed E-state index contributed by atoms with van der Waals surface area (Å²) in [5.74, 6) is 0.237. The zero-order valence-corrected chi connectivity index (χ0v) is 16.1. The SMILES string of the molecule is Cc1cccc(-c2ccccc2C(=O)N2CCC3(CCCN(C)C3=O)C2)c1. The summed E-state index contributed by atoms with van der Waals surface area (Å²) in [6.07, 6.45) is 2.68. The van der Waals surface area contributed by atoms with Gasteiger partial charge < -0.3 is 9.80 Å². The molecular weight excluding hydrogens is 336 g/mol. The first-order valence-corrected chi connectivity index (χ1v) is 9.71. The highest BCUT2D eigenvalue weighted by atomic mass is 16.2. The molecule has 0 N–H and O–H groups in total. The Morgan fingerprint density at radius 3 is 2.67 bits per heavy atom. The van der Waals surface area contributed by atoms with Gasteiger partial charge in [-0.25, -0.2) is 0 Å². The molecule has 4 nitrogen and oxygen atoms in total. The number of nitrogens with zero attached hydrogens (tertiary/aromatic N) is 2. The first-order valence-electron chi connectivity index (χ1n) is 9.71. The molecule has 0 aromatic heterocycles. The molecule has 2 saturated heterocycles. The molecule has 1 unspecified atom stereocenters. The first-order chi connectivity index (χ1) is 13.0. The Morgan fingerprint density at radius 2 is 1.85 bits per heavy atom. The van der Waals surface area contributed by atoms with E-state index in [1.54, 1.807) is 0 Å². The second kappa shape index (κ2) is 6.84. The Balaban J connectivity index is 1.62. The van der Waals surface area contributed by atoms with Gasteiger partial charge in [-0.2, -0.15) is 0 Å². The molecule has 2 aromatic carbocycles. The normalized spacial score (nSPS) is 22.5. The van der Waals surface area contributed by atoms with Gasteiger partial charge >= 0.3 is 0 Å². The standard InChI is InChI=1S/C23H26N2O2/c1-17-7-5-8-18(15-17)19-9-3-4-10-20(19)21(26)25-14-12-23(16-25)11-6-13-24(2)22(23)27/h3-5,7-10,15H,6,11-14,16H2,1-2H3. The van der Waals surface area contributed by atoms with Gasteiger partial charge in [0.25, 0.3) is 5.91 Å². The van der Waals surface area contributed by atoms with E-state index in [0.717, 1.165) is 42.5 Å². The molecule has 27 heavy (non-hydrogen) atoms. The number of likely N-dealkylation sites (tertiary alicyclic amines) is 2. The zero-order valence-electron chi connectivity index (χ0n) is 16.1. The second-order valence-corrected chi connectivity index (χ2v) is 8.00. The minimum atomic E-state index is -0.374. The third-order valence-corrected chi connectivity index (χ3v) is 6.08. The summed E-state index contributed by atoms with van der Waals surface area (Å²) < 4.78 is 0. The molecule has 140 valence electrons. The van der Waals surface area contributed by atoms with E-state index < -0.39 is 0 Å². The van der Waals surface area contributed by atoms with Crippen LogP contribution in [0, 0.1) is 12.3 Å². The van der Waals surface area contributed by atoms with E-state index >= 15 is 0 Å². The van der Waals surface area contributed by atoms with Crippen LogP contribution in [0.4, 0.5) is 0 Å². The van der Waals surface area contributed by atoms with Crippen LogP contribution in [0.1, 0.15) is 35.2 Å². The fourth-order valence-electron chi connectivity index (χ4n) is 4.60. The molecule has 0 bridgehead atoms. The van der Waals surface area contributed by atoms with Crippen molar-refractivity contribution in [2.45, 2.75) is 26.2 Å². The molecule has 4 heteroatoms. The third-order valence-electron chi connectivity index (χ3n) is 6.08. The minimum Gasteiger partial charge on any atom is -0.345 e. The number of benzene rings is 2. The molecule has 1 spiro atoms. The molecule has 0 radical (unpaired) electrons. The molecule has 2 aromatic rings. The lowest BCUT2D eigenvalue weighted by atomic mass is 9.78. The van der Waals surface area contributed by atoms with Crippen LogP contribution in [0.3, 0.4) is 0 Å².